The minimum absolute atomic E-state index is 0.0208. The van der Waals surface area contributed by atoms with Crippen molar-refractivity contribution >= 4 is 11.9 Å². The highest BCUT2D eigenvalue weighted by molar-refractivity contribution is 5.81. The maximum Gasteiger partial charge on any atom is 0.307 e. The molecule has 0 saturated carbocycles. The number of carbonyl (C=O) groups is 2. The molecule has 116 valence electrons. The number of hydrogen-bond acceptors (Lipinski definition) is 4. The lowest BCUT2D eigenvalue weighted by atomic mass is 10.1. The molecule has 0 bridgehead atoms. The zero-order valence-corrected chi connectivity index (χ0v) is 12.9. The summed E-state index contributed by atoms with van der Waals surface area (Å²) in [5, 5.41) is 0. The Morgan fingerprint density at radius 1 is 1.35 bits per heavy atom. The molecule has 0 aromatic rings. The molecule has 0 N–H and O–H groups in total. The SMILES string of the molecule is CCOC(=O)CCN(CCC(C)C)C(=O)C1CCCO1. The molecule has 1 saturated heterocycles. The van der Waals surface area contributed by atoms with E-state index in [0.717, 1.165) is 19.3 Å². The van der Waals surface area contributed by atoms with Crippen LogP contribution in [0.4, 0.5) is 0 Å². The highest BCUT2D eigenvalue weighted by Crippen LogP contribution is 2.16. The molecule has 5 nitrogen and oxygen atoms in total. The highest BCUT2D eigenvalue weighted by Gasteiger charge is 2.28. The van der Waals surface area contributed by atoms with E-state index in [9.17, 15) is 9.59 Å². The monoisotopic (exact) mass is 285 g/mol. The fourth-order valence-corrected chi connectivity index (χ4v) is 2.18. The Kier molecular flexibility index (Phi) is 7.59. The van der Waals surface area contributed by atoms with Gasteiger partial charge in [-0.2, -0.15) is 0 Å². The third-order valence-corrected chi connectivity index (χ3v) is 3.38. The third kappa shape index (κ3) is 5.90. The quantitative estimate of drug-likeness (QED) is 0.640. The summed E-state index contributed by atoms with van der Waals surface area (Å²) in [5.41, 5.74) is 0. The molecule has 1 aliphatic heterocycles. The van der Waals surface area contributed by atoms with Gasteiger partial charge in [0.2, 0.25) is 0 Å². The van der Waals surface area contributed by atoms with Gasteiger partial charge in [0, 0.05) is 19.7 Å². The van der Waals surface area contributed by atoms with E-state index in [1.165, 1.54) is 0 Å². The number of rotatable bonds is 8. The van der Waals surface area contributed by atoms with Gasteiger partial charge in [-0.15, -0.1) is 0 Å². The number of carbonyl (C=O) groups excluding carboxylic acids is 2. The van der Waals surface area contributed by atoms with Gasteiger partial charge in [0.05, 0.1) is 13.0 Å². The molecule has 1 aliphatic rings. The van der Waals surface area contributed by atoms with Gasteiger partial charge in [0.15, 0.2) is 0 Å². The van der Waals surface area contributed by atoms with Crippen molar-refractivity contribution in [2.24, 2.45) is 5.92 Å². The largest absolute Gasteiger partial charge is 0.466 e. The summed E-state index contributed by atoms with van der Waals surface area (Å²) in [5.74, 6) is 0.298. The first-order valence-electron chi connectivity index (χ1n) is 7.60. The first-order chi connectivity index (χ1) is 9.54. The number of hydrogen-bond donors (Lipinski definition) is 0. The Labute approximate surface area is 121 Å². The Hall–Kier alpha value is -1.10. The molecule has 0 radical (unpaired) electrons. The summed E-state index contributed by atoms with van der Waals surface area (Å²) in [7, 11) is 0. The lowest BCUT2D eigenvalue weighted by Gasteiger charge is -2.25. The molecule has 0 aromatic heterocycles. The first kappa shape index (κ1) is 17.0. The van der Waals surface area contributed by atoms with Crippen molar-refractivity contribution in [1.82, 2.24) is 4.90 Å². The number of amides is 1. The molecule has 0 spiro atoms. The van der Waals surface area contributed by atoms with Crippen LogP contribution in [0.2, 0.25) is 0 Å². The molecule has 20 heavy (non-hydrogen) atoms. The van der Waals surface area contributed by atoms with Crippen molar-refractivity contribution < 1.29 is 19.1 Å². The number of ether oxygens (including phenoxy) is 2. The smallest absolute Gasteiger partial charge is 0.307 e. The third-order valence-electron chi connectivity index (χ3n) is 3.38. The Morgan fingerprint density at radius 2 is 2.10 bits per heavy atom. The van der Waals surface area contributed by atoms with Crippen molar-refractivity contribution in [3.8, 4) is 0 Å². The zero-order chi connectivity index (χ0) is 15.0. The van der Waals surface area contributed by atoms with Crippen molar-refractivity contribution in [3.63, 3.8) is 0 Å². The van der Waals surface area contributed by atoms with E-state index in [0.29, 0.717) is 32.2 Å². The van der Waals surface area contributed by atoms with Crippen LogP contribution in [0.5, 0.6) is 0 Å². The Bertz CT molecular complexity index is 311. The zero-order valence-electron chi connectivity index (χ0n) is 12.9. The van der Waals surface area contributed by atoms with Crippen molar-refractivity contribution in [3.05, 3.63) is 0 Å². The van der Waals surface area contributed by atoms with Crippen molar-refractivity contribution in [1.29, 1.82) is 0 Å². The fraction of sp³-hybridized carbons (Fsp3) is 0.867. The molecular weight excluding hydrogens is 258 g/mol. The summed E-state index contributed by atoms with van der Waals surface area (Å²) in [6.45, 7) is 8.17. The van der Waals surface area contributed by atoms with E-state index in [2.05, 4.69) is 13.8 Å². The van der Waals surface area contributed by atoms with Gasteiger partial charge in [0.25, 0.3) is 5.91 Å². The Balaban J connectivity index is 2.49. The van der Waals surface area contributed by atoms with Crippen LogP contribution >= 0.6 is 0 Å². The molecule has 1 fully saturated rings. The van der Waals surface area contributed by atoms with Crippen LogP contribution in [-0.2, 0) is 19.1 Å². The Morgan fingerprint density at radius 3 is 2.65 bits per heavy atom. The summed E-state index contributed by atoms with van der Waals surface area (Å²) < 4.78 is 10.4. The molecule has 1 rings (SSSR count). The average molecular weight is 285 g/mol. The second kappa shape index (κ2) is 8.95. The number of nitrogens with zero attached hydrogens (tertiary/aromatic N) is 1. The van der Waals surface area contributed by atoms with E-state index < -0.39 is 0 Å². The minimum Gasteiger partial charge on any atom is -0.466 e. The highest BCUT2D eigenvalue weighted by atomic mass is 16.5. The van der Waals surface area contributed by atoms with Gasteiger partial charge < -0.3 is 14.4 Å². The average Bonchev–Trinajstić information content (AvgIpc) is 2.92. The van der Waals surface area contributed by atoms with Gasteiger partial charge in [-0.05, 0) is 32.1 Å². The number of esters is 1. The standard InChI is InChI=1S/C15H27NO4/c1-4-19-14(17)8-10-16(9-7-12(2)3)15(18)13-6-5-11-20-13/h12-13H,4-11H2,1-3H3. The normalized spacial score (nSPS) is 18.3. The summed E-state index contributed by atoms with van der Waals surface area (Å²) in [6.07, 6.45) is 2.60. The van der Waals surface area contributed by atoms with E-state index in [4.69, 9.17) is 9.47 Å². The van der Waals surface area contributed by atoms with E-state index in [-0.39, 0.29) is 24.4 Å². The van der Waals surface area contributed by atoms with Crippen LogP contribution in [0.25, 0.3) is 0 Å². The van der Waals surface area contributed by atoms with Crippen LogP contribution in [-0.4, -0.2) is 49.2 Å². The molecule has 0 aliphatic carbocycles. The maximum atomic E-state index is 12.4. The van der Waals surface area contributed by atoms with Crippen LogP contribution in [0, 0.1) is 5.92 Å². The second-order valence-electron chi connectivity index (χ2n) is 5.56. The van der Waals surface area contributed by atoms with Crippen LogP contribution < -0.4 is 0 Å². The van der Waals surface area contributed by atoms with Gasteiger partial charge in [0.1, 0.15) is 6.10 Å². The molecule has 5 heteroatoms. The van der Waals surface area contributed by atoms with Gasteiger partial charge >= 0.3 is 5.97 Å². The predicted octanol–water partition coefficient (Wildman–Crippen LogP) is 1.99. The van der Waals surface area contributed by atoms with Crippen molar-refractivity contribution in [2.75, 3.05) is 26.3 Å². The first-order valence-corrected chi connectivity index (χ1v) is 7.60. The van der Waals surface area contributed by atoms with Gasteiger partial charge in [-0.1, -0.05) is 13.8 Å². The summed E-state index contributed by atoms with van der Waals surface area (Å²) >= 11 is 0. The topological polar surface area (TPSA) is 55.8 Å². The van der Waals surface area contributed by atoms with Gasteiger partial charge in [-0.3, -0.25) is 9.59 Å². The van der Waals surface area contributed by atoms with Crippen LogP contribution in [0.15, 0.2) is 0 Å². The predicted molar refractivity (Wildman–Crippen MR) is 76.3 cm³/mol. The summed E-state index contributed by atoms with van der Waals surface area (Å²) in [6, 6.07) is 0. The second-order valence-corrected chi connectivity index (χ2v) is 5.56. The van der Waals surface area contributed by atoms with Crippen LogP contribution in [0.1, 0.15) is 46.5 Å². The molecule has 1 heterocycles. The van der Waals surface area contributed by atoms with Gasteiger partial charge in [-0.25, -0.2) is 0 Å². The summed E-state index contributed by atoms with van der Waals surface area (Å²) in [4.78, 5) is 25.6. The van der Waals surface area contributed by atoms with Crippen molar-refractivity contribution in [2.45, 2.75) is 52.6 Å². The van der Waals surface area contributed by atoms with Crippen LogP contribution in [0.3, 0.4) is 0 Å². The minimum atomic E-state index is -0.315. The van der Waals surface area contributed by atoms with E-state index >= 15 is 0 Å². The molecule has 1 unspecified atom stereocenters. The van der Waals surface area contributed by atoms with E-state index in [1.54, 1.807) is 11.8 Å². The lowest BCUT2D eigenvalue weighted by Crippen LogP contribution is -2.41. The maximum absolute atomic E-state index is 12.4. The lowest BCUT2D eigenvalue weighted by molar-refractivity contribution is -0.146. The van der Waals surface area contributed by atoms with E-state index in [1.807, 2.05) is 0 Å². The molecule has 1 atom stereocenters. The molecule has 0 aromatic carbocycles. The molecular formula is C15H27NO4. The molecule has 1 amide bonds. The fourth-order valence-electron chi connectivity index (χ4n) is 2.18.